The number of hydrogen-bond acceptors (Lipinski definition) is 3. The fourth-order valence-corrected chi connectivity index (χ4v) is 4.79. The lowest BCUT2D eigenvalue weighted by molar-refractivity contribution is -0.960. The van der Waals surface area contributed by atoms with E-state index >= 15 is 0 Å². The lowest BCUT2D eigenvalue weighted by atomic mass is 9.79. The maximum atomic E-state index is 12.6. The zero-order valence-electron chi connectivity index (χ0n) is 17.5. The third-order valence-corrected chi connectivity index (χ3v) is 6.41. The van der Waals surface area contributed by atoms with Crippen LogP contribution in [-0.4, -0.2) is 65.0 Å². The molecule has 1 heterocycles. The Kier molecular flexibility index (Phi) is 7.71. The standard InChI is InChI=1S/C22H35N3O3/c1-24(16-19-6-8-20(27-2)9-7-19)17-21(26)23-18-22(10-4-3-5-11-22)25-12-14-28-15-13-25/h6-9H,3-5,10-18H2,1-2H3,(H,23,26)/p+2. The molecule has 1 aromatic carbocycles. The number of benzene rings is 1. The van der Waals surface area contributed by atoms with Gasteiger partial charge in [-0.05, 0) is 37.1 Å². The van der Waals surface area contributed by atoms with E-state index in [0.29, 0.717) is 6.54 Å². The summed E-state index contributed by atoms with van der Waals surface area (Å²) >= 11 is 0. The minimum Gasteiger partial charge on any atom is -0.497 e. The van der Waals surface area contributed by atoms with Crippen LogP contribution >= 0.6 is 0 Å². The predicted octanol–water partition coefficient (Wildman–Crippen LogP) is -0.556. The van der Waals surface area contributed by atoms with Gasteiger partial charge in [0.2, 0.25) is 0 Å². The zero-order valence-corrected chi connectivity index (χ0v) is 17.5. The zero-order chi connectivity index (χ0) is 19.8. The van der Waals surface area contributed by atoms with E-state index in [9.17, 15) is 4.79 Å². The SMILES string of the molecule is COc1ccc(C[NH+](C)CC(=O)NCC2([NH+]3CCOCC3)CCCCC2)cc1. The summed E-state index contributed by atoms with van der Waals surface area (Å²) in [5.41, 5.74) is 1.43. The van der Waals surface area contributed by atoms with Gasteiger partial charge in [0.1, 0.15) is 30.9 Å². The van der Waals surface area contributed by atoms with E-state index in [1.165, 1.54) is 42.6 Å². The predicted molar refractivity (Wildman–Crippen MR) is 109 cm³/mol. The van der Waals surface area contributed by atoms with Gasteiger partial charge in [-0.2, -0.15) is 0 Å². The Morgan fingerprint density at radius 2 is 1.86 bits per heavy atom. The molecular weight excluding hydrogens is 354 g/mol. The molecule has 2 fully saturated rings. The summed E-state index contributed by atoms with van der Waals surface area (Å²) in [6.07, 6.45) is 6.33. The van der Waals surface area contributed by atoms with Crippen molar-refractivity contribution in [2.75, 3.05) is 53.6 Å². The van der Waals surface area contributed by atoms with Crippen LogP contribution in [0.4, 0.5) is 0 Å². The first-order valence-corrected chi connectivity index (χ1v) is 10.8. The molecule has 6 nitrogen and oxygen atoms in total. The molecule has 156 valence electrons. The van der Waals surface area contributed by atoms with Crippen molar-refractivity contribution in [1.29, 1.82) is 0 Å². The molecule has 6 heteroatoms. The summed E-state index contributed by atoms with van der Waals surface area (Å²) in [6.45, 7) is 5.96. The molecule has 1 aliphatic carbocycles. The van der Waals surface area contributed by atoms with E-state index < -0.39 is 0 Å². The van der Waals surface area contributed by atoms with Crippen LogP contribution in [0.25, 0.3) is 0 Å². The minimum atomic E-state index is 0.156. The topological polar surface area (TPSA) is 56.4 Å². The molecule has 0 radical (unpaired) electrons. The second-order valence-electron chi connectivity index (χ2n) is 8.49. The number of methoxy groups -OCH3 is 1. The van der Waals surface area contributed by atoms with Gasteiger partial charge in [-0.1, -0.05) is 6.42 Å². The van der Waals surface area contributed by atoms with E-state index in [0.717, 1.165) is 45.1 Å². The number of likely N-dealkylation sites (N-methyl/N-ethyl adjacent to an activating group) is 1. The van der Waals surface area contributed by atoms with Gasteiger partial charge in [0.15, 0.2) is 6.54 Å². The number of morpholine rings is 1. The summed E-state index contributed by atoms with van der Waals surface area (Å²) in [4.78, 5) is 15.5. The van der Waals surface area contributed by atoms with Gasteiger partial charge >= 0.3 is 0 Å². The largest absolute Gasteiger partial charge is 0.497 e. The van der Waals surface area contributed by atoms with Gasteiger partial charge in [-0.15, -0.1) is 0 Å². The summed E-state index contributed by atoms with van der Waals surface area (Å²) < 4.78 is 10.8. The molecule has 1 atom stereocenters. The molecule has 0 aromatic heterocycles. The third-order valence-electron chi connectivity index (χ3n) is 6.41. The molecule has 0 spiro atoms. The number of carbonyl (C=O) groups excluding carboxylic acids is 1. The number of quaternary nitrogens is 2. The Bertz CT molecular complexity index is 608. The van der Waals surface area contributed by atoms with E-state index in [1.807, 2.05) is 12.1 Å². The van der Waals surface area contributed by atoms with Crippen LogP contribution in [0.5, 0.6) is 5.75 Å². The van der Waals surface area contributed by atoms with Crippen molar-refractivity contribution in [2.24, 2.45) is 0 Å². The van der Waals surface area contributed by atoms with Gasteiger partial charge in [0.05, 0.1) is 33.9 Å². The normalized spacial score (nSPS) is 21.1. The second kappa shape index (κ2) is 10.2. The first kappa shape index (κ1) is 21.1. The van der Waals surface area contributed by atoms with E-state index in [2.05, 4.69) is 24.5 Å². The summed E-state index contributed by atoms with van der Waals surface area (Å²) in [6, 6.07) is 8.08. The van der Waals surface area contributed by atoms with Gasteiger partial charge < -0.3 is 24.6 Å². The number of amides is 1. The number of carbonyl (C=O) groups is 1. The fourth-order valence-electron chi connectivity index (χ4n) is 4.79. The monoisotopic (exact) mass is 391 g/mol. The number of rotatable bonds is 8. The molecule has 28 heavy (non-hydrogen) atoms. The smallest absolute Gasteiger partial charge is 0.275 e. The highest BCUT2D eigenvalue weighted by Gasteiger charge is 2.42. The molecule has 1 aromatic rings. The van der Waals surface area contributed by atoms with Crippen molar-refractivity contribution < 1.29 is 24.1 Å². The molecule has 1 amide bonds. The van der Waals surface area contributed by atoms with Crippen molar-refractivity contribution in [3.05, 3.63) is 29.8 Å². The summed E-state index contributed by atoms with van der Waals surface area (Å²) in [7, 11) is 3.75. The fraction of sp³-hybridized carbons (Fsp3) is 0.682. The van der Waals surface area contributed by atoms with Gasteiger partial charge in [0, 0.05) is 18.4 Å². The van der Waals surface area contributed by atoms with Gasteiger partial charge in [0.25, 0.3) is 5.91 Å². The highest BCUT2D eigenvalue weighted by atomic mass is 16.5. The molecular formula is C22H37N3O3+2. The average molecular weight is 392 g/mol. The second-order valence-corrected chi connectivity index (χ2v) is 8.49. The van der Waals surface area contributed by atoms with Crippen molar-refractivity contribution in [2.45, 2.75) is 44.2 Å². The Morgan fingerprint density at radius 3 is 2.50 bits per heavy atom. The summed E-state index contributed by atoms with van der Waals surface area (Å²) in [5.74, 6) is 1.02. The van der Waals surface area contributed by atoms with Crippen molar-refractivity contribution in [3.8, 4) is 5.75 Å². The van der Waals surface area contributed by atoms with Crippen LogP contribution in [0.15, 0.2) is 24.3 Å². The molecule has 3 N–H and O–H groups in total. The quantitative estimate of drug-likeness (QED) is 0.557. The average Bonchev–Trinajstić information content (AvgIpc) is 2.74. The number of nitrogens with one attached hydrogen (secondary N) is 3. The maximum absolute atomic E-state index is 12.6. The first-order valence-electron chi connectivity index (χ1n) is 10.8. The molecule has 1 saturated carbocycles. The highest BCUT2D eigenvalue weighted by molar-refractivity contribution is 5.76. The van der Waals surface area contributed by atoms with E-state index in [4.69, 9.17) is 9.47 Å². The van der Waals surface area contributed by atoms with Crippen LogP contribution < -0.4 is 19.9 Å². The molecule has 0 bridgehead atoms. The molecule has 3 rings (SSSR count). The Hall–Kier alpha value is -1.63. The molecule has 1 unspecified atom stereocenters. The molecule has 1 aliphatic heterocycles. The van der Waals surface area contributed by atoms with Crippen LogP contribution in [0.3, 0.4) is 0 Å². The Balaban J connectivity index is 1.49. The molecule has 1 saturated heterocycles. The maximum Gasteiger partial charge on any atom is 0.275 e. The summed E-state index contributed by atoms with van der Waals surface area (Å²) in [5, 5.41) is 3.28. The van der Waals surface area contributed by atoms with Crippen molar-refractivity contribution >= 4 is 5.91 Å². The minimum absolute atomic E-state index is 0.156. The van der Waals surface area contributed by atoms with Crippen LogP contribution in [0.1, 0.15) is 37.7 Å². The third kappa shape index (κ3) is 5.69. The van der Waals surface area contributed by atoms with Crippen LogP contribution in [0.2, 0.25) is 0 Å². The van der Waals surface area contributed by atoms with Crippen molar-refractivity contribution in [1.82, 2.24) is 5.32 Å². The molecule has 2 aliphatic rings. The number of ether oxygens (including phenoxy) is 2. The number of hydrogen-bond donors (Lipinski definition) is 3. The Labute approximate surface area is 169 Å². The van der Waals surface area contributed by atoms with Gasteiger partial charge in [-0.3, -0.25) is 4.79 Å². The van der Waals surface area contributed by atoms with Crippen LogP contribution in [-0.2, 0) is 16.1 Å². The van der Waals surface area contributed by atoms with E-state index in [1.54, 1.807) is 12.0 Å². The lowest BCUT2D eigenvalue weighted by Gasteiger charge is -2.45. The van der Waals surface area contributed by atoms with Crippen molar-refractivity contribution in [3.63, 3.8) is 0 Å². The Morgan fingerprint density at radius 1 is 1.18 bits per heavy atom. The lowest BCUT2D eigenvalue weighted by Crippen LogP contribution is -3.23. The van der Waals surface area contributed by atoms with E-state index in [-0.39, 0.29) is 11.4 Å². The van der Waals surface area contributed by atoms with Gasteiger partial charge in [-0.25, -0.2) is 0 Å². The highest BCUT2D eigenvalue weighted by Crippen LogP contribution is 2.25. The van der Waals surface area contributed by atoms with Crippen LogP contribution in [0, 0.1) is 0 Å². The first-order chi connectivity index (χ1) is 13.6.